The SMILES string of the molecule is C[C]1C(=O)c2ccccc2C1=O. The molecular formula is C10H7O2. The smallest absolute Gasteiger partial charge is 0.178 e. The van der Waals surface area contributed by atoms with E-state index in [-0.39, 0.29) is 11.6 Å². The molecule has 1 radical (unpaired) electrons. The Balaban J connectivity index is 2.67. The fourth-order valence-electron chi connectivity index (χ4n) is 1.39. The van der Waals surface area contributed by atoms with E-state index < -0.39 is 0 Å². The molecule has 0 saturated heterocycles. The Bertz CT molecular complexity index is 331. The lowest BCUT2D eigenvalue weighted by atomic mass is 10.1. The molecule has 1 aliphatic rings. The maximum Gasteiger partial charge on any atom is 0.178 e. The molecule has 1 aromatic rings. The van der Waals surface area contributed by atoms with Crippen molar-refractivity contribution in [1.29, 1.82) is 0 Å². The number of carbonyl (C=O) groups is 2. The molecule has 0 unspecified atom stereocenters. The minimum atomic E-state index is -0.129. The molecule has 12 heavy (non-hydrogen) atoms. The molecule has 0 spiro atoms. The average molecular weight is 159 g/mol. The second-order valence-electron chi connectivity index (χ2n) is 2.83. The van der Waals surface area contributed by atoms with Gasteiger partial charge in [0.1, 0.15) is 5.92 Å². The van der Waals surface area contributed by atoms with Crippen molar-refractivity contribution in [3.63, 3.8) is 0 Å². The van der Waals surface area contributed by atoms with Crippen molar-refractivity contribution >= 4 is 11.6 Å². The van der Waals surface area contributed by atoms with Gasteiger partial charge in [-0.15, -0.1) is 0 Å². The van der Waals surface area contributed by atoms with Crippen LogP contribution in [0, 0.1) is 5.92 Å². The average Bonchev–Trinajstić information content (AvgIpc) is 2.33. The van der Waals surface area contributed by atoms with Gasteiger partial charge in [0.15, 0.2) is 11.6 Å². The highest BCUT2D eigenvalue weighted by molar-refractivity contribution is 6.36. The van der Waals surface area contributed by atoms with Crippen LogP contribution in [0.5, 0.6) is 0 Å². The van der Waals surface area contributed by atoms with Crippen molar-refractivity contribution in [2.24, 2.45) is 0 Å². The van der Waals surface area contributed by atoms with Crippen LogP contribution in [0.3, 0.4) is 0 Å². The van der Waals surface area contributed by atoms with Crippen LogP contribution in [-0.2, 0) is 0 Å². The summed E-state index contributed by atoms with van der Waals surface area (Å²) < 4.78 is 0. The van der Waals surface area contributed by atoms with E-state index in [0.29, 0.717) is 17.0 Å². The van der Waals surface area contributed by atoms with E-state index in [1.807, 2.05) is 0 Å². The number of fused-ring (bicyclic) bond motifs is 1. The summed E-state index contributed by atoms with van der Waals surface area (Å²) in [6, 6.07) is 6.91. The fourth-order valence-corrected chi connectivity index (χ4v) is 1.39. The second-order valence-corrected chi connectivity index (χ2v) is 2.83. The Labute approximate surface area is 70.2 Å². The molecule has 0 amide bonds. The monoisotopic (exact) mass is 159 g/mol. The first-order chi connectivity index (χ1) is 5.72. The molecule has 0 fully saturated rings. The van der Waals surface area contributed by atoms with Crippen LogP contribution in [0.1, 0.15) is 27.6 Å². The van der Waals surface area contributed by atoms with E-state index >= 15 is 0 Å². The van der Waals surface area contributed by atoms with E-state index in [1.54, 1.807) is 31.2 Å². The molecule has 0 heterocycles. The van der Waals surface area contributed by atoms with Gasteiger partial charge in [0, 0.05) is 11.1 Å². The largest absolute Gasteiger partial charge is 0.293 e. The molecule has 0 saturated carbocycles. The van der Waals surface area contributed by atoms with Gasteiger partial charge in [0.05, 0.1) is 0 Å². The predicted octanol–water partition coefficient (Wildman–Crippen LogP) is 1.66. The minimum Gasteiger partial charge on any atom is -0.293 e. The molecule has 0 N–H and O–H groups in total. The first kappa shape index (κ1) is 7.22. The van der Waals surface area contributed by atoms with Crippen LogP contribution in [0.15, 0.2) is 24.3 Å². The van der Waals surface area contributed by atoms with Crippen molar-refractivity contribution in [3.8, 4) is 0 Å². The van der Waals surface area contributed by atoms with Crippen LogP contribution in [-0.4, -0.2) is 11.6 Å². The van der Waals surface area contributed by atoms with Crippen LogP contribution in [0.2, 0.25) is 0 Å². The van der Waals surface area contributed by atoms with Gasteiger partial charge in [-0.05, 0) is 6.92 Å². The van der Waals surface area contributed by atoms with Crippen molar-refractivity contribution in [3.05, 3.63) is 41.3 Å². The Morgan fingerprint density at radius 1 is 0.917 bits per heavy atom. The van der Waals surface area contributed by atoms with E-state index in [0.717, 1.165) is 0 Å². The molecule has 2 heteroatoms. The van der Waals surface area contributed by atoms with Crippen LogP contribution in [0.4, 0.5) is 0 Å². The Kier molecular flexibility index (Phi) is 1.37. The third kappa shape index (κ3) is 0.749. The molecule has 59 valence electrons. The number of Topliss-reactive ketones (excluding diaryl/α,β-unsaturated/α-hetero) is 2. The summed E-state index contributed by atoms with van der Waals surface area (Å²) in [6.45, 7) is 1.57. The number of carbonyl (C=O) groups excluding carboxylic acids is 2. The minimum absolute atomic E-state index is 0.129. The van der Waals surface area contributed by atoms with Gasteiger partial charge in [-0.3, -0.25) is 9.59 Å². The van der Waals surface area contributed by atoms with E-state index in [2.05, 4.69) is 0 Å². The van der Waals surface area contributed by atoms with Gasteiger partial charge in [0.2, 0.25) is 0 Å². The van der Waals surface area contributed by atoms with E-state index in [1.165, 1.54) is 0 Å². The van der Waals surface area contributed by atoms with Crippen molar-refractivity contribution < 1.29 is 9.59 Å². The molecule has 0 aliphatic heterocycles. The van der Waals surface area contributed by atoms with Gasteiger partial charge in [-0.1, -0.05) is 24.3 Å². The van der Waals surface area contributed by atoms with Crippen LogP contribution >= 0.6 is 0 Å². The molecule has 0 aromatic heterocycles. The molecule has 1 aromatic carbocycles. The Hall–Kier alpha value is -1.44. The van der Waals surface area contributed by atoms with Gasteiger partial charge in [0.25, 0.3) is 0 Å². The summed E-state index contributed by atoms with van der Waals surface area (Å²) >= 11 is 0. The molecule has 2 rings (SSSR count). The topological polar surface area (TPSA) is 34.1 Å². The number of benzene rings is 1. The highest BCUT2D eigenvalue weighted by atomic mass is 16.2. The summed E-state index contributed by atoms with van der Waals surface area (Å²) in [5.74, 6) is 0.0717. The Morgan fingerprint density at radius 2 is 1.33 bits per heavy atom. The van der Waals surface area contributed by atoms with Crippen molar-refractivity contribution in [2.45, 2.75) is 6.92 Å². The second kappa shape index (κ2) is 2.27. The van der Waals surface area contributed by atoms with Gasteiger partial charge >= 0.3 is 0 Å². The summed E-state index contributed by atoms with van der Waals surface area (Å²) in [5, 5.41) is 0. The summed E-state index contributed by atoms with van der Waals surface area (Å²) in [5.41, 5.74) is 1.08. The standard InChI is InChI=1S/C10H7O2/c1-6-9(11)7-4-2-3-5-8(7)10(6)12/h2-5H,1H3. The fraction of sp³-hybridized carbons (Fsp3) is 0.100. The zero-order valence-electron chi connectivity index (χ0n) is 6.63. The summed E-state index contributed by atoms with van der Waals surface area (Å²) in [4.78, 5) is 22.7. The first-order valence-corrected chi connectivity index (χ1v) is 3.74. The molecular weight excluding hydrogens is 152 g/mol. The first-order valence-electron chi connectivity index (χ1n) is 3.74. The summed E-state index contributed by atoms with van der Waals surface area (Å²) in [7, 11) is 0. The van der Waals surface area contributed by atoms with Crippen molar-refractivity contribution in [2.75, 3.05) is 0 Å². The molecule has 2 nitrogen and oxygen atoms in total. The molecule has 1 aliphatic carbocycles. The number of hydrogen-bond donors (Lipinski definition) is 0. The quantitative estimate of drug-likeness (QED) is 0.577. The van der Waals surface area contributed by atoms with Gasteiger partial charge < -0.3 is 0 Å². The van der Waals surface area contributed by atoms with Crippen LogP contribution in [0.25, 0.3) is 0 Å². The van der Waals surface area contributed by atoms with E-state index in [9.17, 15) is 9.59 Å². The predicted molar refractivity (Wildman–Crippen MR) is 44.0 cm³/mol. The van der Waals surface area contributed by atoms with Crippen LogP contribution < -0.4 is 0 Å². The lowest BCUT2D eigenvalue weighted by molar-refractivity contribution is 0.0953. The zero-order valence-corrected chi connectivity index (χ0v) is 6.63. The third-order valence-electron chi connectivity index (χ3n) is 2.10. The van der Waals surface area contributed by atoms with Gasteiger partial charge in [-0.25, -0.2) is 0 Å². The molecule has 0 bridgehead atoms. The van der Waals surface area contributed by atoms with Crippen molar-refractivity contribution in [1.82, 2.24) is 0 Å². The maximum atomic E-state index is 11.3. The lowest BCUT2D eigenvalue weighted by Gasteiger charge is -1.91. The normalized spacial score (nSPS) is 16.8. The third-order valence-corrected chi connectivity index (χ3v) is 2.10. The van der Waals surface area contributed by atoms with Gasteiger partial charge in [-0.2, -0.15) is 0 Å². The number of rotatable bonds is 0. The zero-order chi connectivity index (χ0) is 8.72. The Morgan fingerprint density at radius 3 is 1.75 bits per heavy atom. The highest BCUT2D eigenvalue weighted by Gasteiger charge is 2.35. The molecule has 0 atom stereocenters. The number of ketones is 2. The highest BCUT2D eigenvalue weighted by Crippen LogP contribution is 2.27. The maximum absolute atomic E-state index is 11.3. The summed E-state index contributed by atoms with van der Waals surface area (Å²) in [6.07, 6.45) is 0. The van der Waals surface area contributed by atoms with E-state index in [4.69, 9.17) is 0 Å². The lowest BCUT2D eigenvalue weighted by Crippen LogP contribution is -2.06. The number of hydrogen-bond acceptors (Lipinski definition) is 2.